The van der Waals surface area contributed by atoms with Gasteiger partial charge >= 0.3 is 5.97 Å². The van der Waals surface area contributed by atoms with E-state index in [1.807, 2.05) is 0 Å². The van der Waals surface area contributed by atoms with Crippen molar-refractivity contribution in [3.63, 3.8) is 0 Å². The Hall–Kier alpha value is -3.26. The summed E-state index contributed by atoms with van der Waals surface area (Å²) in [5.74, 6) is -5.92. The number of primary amides is 2. The van der Waals surface area contributed by atoms with Crippen LogP contribution in [0.5, 0.6) is 0 Å². The number of nitrogens with two attached hydrogens (primary N) is 3. The zero-order chi connectivity index (χ0) is 23.6. The van der Waals surface area contributed by atoms with E-state index in [9.17, 15) is 33.9 Å². The predicted molar refractivity (Wildman–Crippen MR) is 101 cm³/mol. The largest absolute Gasteiger partial charge is 0.480 e. The summed E-state index contributed by atoms with van der Waals surface area (Å²) in [6, 6.07) is -5.65. The second-order valence-corrected chi connectivity index (χ2v) is 6.64. The zero-order valence-electron chi connectivity index (χ0n) is 16.6. The van der Waals surface area contributed by atoms with Crippen LogP contribution < -0.4 is 33.2 Å². The molecule has 0 aliphatic carbocycles. The van der Waals surface area contributed by atoms with Gasteiger partial charge in [0.05, 0.1) is 18.6 Å². The number of aliphatic hydroxyl groups is 1. The molecule has 0 spiro atoms. The summed E-state index contributed by atoms with van der Waals surface area (Å²) in [6.07, 6.45) is -2.40. The molecule has 0 saturated heterocycles. The van der Waals surface area contributed by atoms with Crippen LogP contribution in [-0.2, 0) is 28.8 Å². The van der Waals surface area contributed by atoms with E-state index >= 15 is 0 Å². The van der Waals surface area contributed by atoms with Gasteiger partial charge in [0.1, 0.15) is 18.1 Å². The molecule has 14 nitrogen and oxygen atoms in total. The number of aliphatic carboxylic acids is 1. The average molecular weight is 432 g/mol. The van der Waals surface area contributed by atoms with Crippen molar-refractivity contribution in [2.24, 2.45) is 17.2 Å². The van der Waals surface area contributed by atoms with Gasteiger partial charge in [0, 0.05) is 6.42 Å². The van der Waals surface area contributed by atoms with Gasteiger partial charge in [-0.15, -0.1) is 0 Å². The first kappa shape index (κ1) is 26.7. The first-order chi connectivity index (χ1) is 13.8. The highest BCUT2D eigenvalue weighted by molar-refractivity contribution is 5.96. The smallest absolute Gasteiger partial charge is 0.325 e. The summed E-state index contributed by atoms with van der Waals surface area (Å²) in [5.41, 5.74) is 15.6. The Bertz CT molecular complexity index is 683. The third-order valence-electron chi connectivity index (χ3n) is 3.87. The van der Waals surface area contributed by atoms with Crippen LogP contribution in [0.4, 0.5) is 0 Å². The Kier molecular flexibility index (Phi) is 11.0. The Morgan fingerprint density at radius 1 is 0.867 bits per heavy atom. The lowest BCUT2D eigenvalue weighted by Crippen LogP contribution is -2.60. The lowest BCUT2D eigenvalue weighted by Gasteiger charge is -2.25. The van der Waals surface area contributed by atoms with Gasteiger partial charge in [-0.2, -0.15) is 0 Å². The highest BCUT2D eigenvalue weighted by Crippen LogP contribution is 2.01. The zero-order valence-corrected chi connectivity index (χ0v) is 16.6. The van der Waals surface area contributed by atoms with Gasteiger partial charge < -0.3 is 43.4 Å². The number of carbonyl (C=O) groups excluding carboxylic acids is 5. The van der Waals surface area contributed by atoms with Crippen LogP contribution in [0.1, 0.15) is 33.1 Å². The molecule has 0 radical (unpaired) electrons. The Labute approximate surface area is 171 Å². The van der Waals surface area contributed by atoms with Crippen LogP contribution >= 0.6 is 0 Å². The molecular weight excluding hydrogens is 404 g/mol. The van der Waals surface area contributed by atoms with Crippen LogP contribution in [0.25, 0.3) is 0 Å². The van der Waals surface area contributed by atoms with Crippen molar-refractivity contribution < 1.29 is 39.0 Å². The minimum absolute atomic E-state index is 0.113. The number of carboxylic acids is 1. The minimum Gasteiger partial charge on any atom is -0.480 e. The van der Waals surface area contributed by atoms with Crippen molar-refractivity contribution in [2.75, 3.05) is 0 Å². The molecule has 0 fully saturated rings. The molecular formula is C16H28N6O8. The normalized spacial score (nSPS) is 15.6. The number of hydrogen-bond acceptors (Lipinski definition) is 8. The molecule has 5 amide bonds. The molecule has 0 heterocycles. The van der Waals surface area contributed by atoms with E-state index in [4.69, 9.17) is 22.3 Å². The maximum absolute atomic E-state index is 12.5. The summed E-state index contributed by atoms with van der Waals surface area (Å²) in [4.78, 5) is 69.7. The van der Waals surface area contributed by atoms with Crippen LogP contribution in [0.2, 0.25) is 0 Å². The van der Waals surface area contributed by atoms with Crippen LogP contribution in [0.15, 0.2) is 0 Å². The highest BCUT2D eigenvalue weighted by atomic mass is 16.4. The molecule has 0 aromatic rings. The van der Waals surface area contributed by atoms with Gasteiger partial charge in [-0.1, -0.05) is 0 Å². The Balaban J connectivity index is 5.27. The van der Waals surface area contributed by atoms with Crippen molar-refractivity contribution in [1.82, 2.24) is 16.0 Å². The Morgan fingerprint density at radius 2 is 1.43 bits per heavy atom. The number of hydrogen-bond donors (Lipinski definition) is 8. The summed E-state index contributed by atoms with van der Waals surface area (Å²) in [6.45, 7) is 2.34. The fourth-order valence-corrected chi connectivity index (χ4v) is 2.14. The Morgan fingerprint density at radius 3 is 1.87 bits per heavy atom. The summed E-state index contributed by atoms with van der Waals surface area (Å²) >= 11 is 0. The quantitative estimate of drug-likeness (QED) is 0.139. The van der Waals surface area contributed by atoms with Gasteiger partial charge in [-0.25, -0.2) is 0 Å². The standard InChI is InChI=1S/C16H28N6O8/c1-6(16(29)30)20-15(28)12(7(2)23)22-14(27)9(5-11(19)25)21-13(26)8(17)3-4-10(18)24/h6-9,12,23H,3-5,17H2,1-2H3,(H2,18,24)(H2,19,25)(H,20,28)(H,21,26)(H,22,27)(H,29,30). The lowest BCUT2D eigenvalue weighted by atomic mass is 10.1. The van der Waals surface area contributed by atoms with Crippen molar-refractivity contribution in [2.45, 2.75) is 63.4 Å². The van der Waals surface area contributed by atoms with Gasteiger partial charge in [-0.3, -0.25) is 28.8 Å². The molecule has 0 bridgehead atoms. The maximum atomic E-state index is 12.5. The second-order valence-electron chi connectivity index (χ2n) is 6.64. The number of nitrogens with one attached hydrogen (secondary N) is 3. The highest BCUT2D eigenvalue weighted by Gasteiger charge is 2.32. The van der Waals surface area contributed by atoms with Gasteiger partial charge in [-0.05, 0) is 20.3 Å². The SMILES string of the molecule is CC(NC(=O)C(NC(=O)C(CC(N)=O)NC(=O)C(N)CCC(N)=O)C(C)O)C(=O)O. The van der Waals surface area contributed by atoms with E-state index in [0.29, 0.717) is 0 Å². The van der Waals surface area contributed by atoms with Crippen molar-refractivity contribution in [3.05, 3.63) is 0 Å². The number of amides is 5. The summed E-state index contributed by atoms with van der Waals surface area (Å²) in [7, 11) is 0. The van der Waals surface area contributed by atoms with E-state index in [2.05, 4.69) is 16.0 Å². The minimum atomic E-state index is -1.59. The van der Waals surface area contributed by atoms with Crippen LogP contribution in [0.3, 0.4) is 0 Å². The third kappa shape index (κ3) is 9.79. The number of carboxylic acid groups (broad SMARTS) is 1. The molecule has 0 saturated carbocycles. The van der Waals surface area contributed by atoms with E-state index in [-0.39, 0.29) is 12.8 Å². The molecule has 5 atom stereocenters. The first-order valence-electron chi connectivity index (χ1n) is 8.90. The number of carbonyl (C=O) groups is 6. The molecule has 30 heavy (non-hydrogen) atoms. The molecule has 0 aliphatic heterocycles. The van der Waals surface area contributed by atoms with Gasteiger partial charge in [0.2, 0.25) is 29.5 Å². The van der Waals surface area contributed by atoms with E-state index in [1.165, 1.54) is 6.92 Å². The summed E-state index contributed by atoms with van der Waals surface area (Å²) in [5, 5.41) is 25.0. The molecule has 14 heteroatoms. The van der Waals surface area contributed by atoms with Crippen molar-refractivity contribution in [3.8, 4) is 0 Å². The van der Waals surface area contributed by atoms with Crippen molar-refractivity contribution >= 4 is 35.5 Å². The number of rotatable bonds is 13. The van der Waals surface area contributed by atoms with E-state index < -0.39 is 72.2 Å². The van der Waals surface area contributed by atoms with Crippen LogP contribution in [0, 0.1) is 0 Å². The van der Waals surface area contributed by atoms with Gasteiger partial charge in [0.15, 0.2) is 0 Å². The number of aliphatic hydroxyl groups excluding tert-OH is 1. The van der Waals surface area contributed by atoms with Crippen molar-refractivity contribution in [1.29, 1.82) is 0 Å². The molecule has 170 valence electrons. The average Bonchev–Trinajstić information content (AvgIpc) is 2.62. The predicted octanol–water partition coefficient (Wildman–Crippen LogP) is -4.61. The van der Waals surface area contributed by atoms with E-state index in [0.717, 1.165) is 6.92 Å². The topological polar surface area (TPSA) is 257 Å². The maximum Gasteiger partial charge on any atom is 0.325 e. The molecule has 5 unspecified atom stereocenters. The van der Waals surface area contributed by atoms with Crippen LogP contribution in [-0.4, -0.2) is 76.0 Å². The molecule has 0 aliphatic rings. The molecule has 0 rings (SSSR count). The molecule has 11 N–H and O–H groups in total. The molecule has 0 aromatic carbocycles. The third-order valence-corrected chi connectivity index (χ3v) is 3.87. The fourth-order valence-electron chi connectivity index (χ4n) is 2.14. The summed E-state index contributed by atoms with van der Waals surface area (Å²) < 4.78 is 0. The van der Waals surface area contributed by atoms with Gasteiger partial charge in [0.25, 0.3) is 0 Å². The fraction of sp³-hybridized carbons (Fsp3) is 0.625. The first-order valence-corrected chi connectivity index (χ1v) is 8.90. The van der Waals surface area contributed by atoms with E-state index in [1.54, 1.807) is 0 Å². The molecule has 0 aromatic heterocycles. The lowest BCUT2D eigenvalue weighted by molar-refractivity contribution is -0.142. The second kappa shape index (κ2) is 12.3. The monoisotopic (exact) mass is 432 g/mol.